The summed E-state index contributed by atoms with van der Waals surface area (Å²) in [7, 11) is 0. The topological polar surface area (TPSA) is 75.7 Å². The molecule has 0 aliphatic heterocycles. The number of rotatable bonds is 5. The molecule has 0 aromatic rings. The van der Waals surface area contributed by atoms with E-state index in [-0.39, 0.29) is 18.8 Å². The van der Waals surface area contributed by atoms with E-state index in [4.69, 9.17) is 20.7 Å². The first-order chi connectivity index (χ1) is 7.16. The van der Waals surface area contributed by atoms with Crippen molar-refractivity contribution in [2.45, 2.75) is 50.2 Å². The molecule has 4 heteroatoms. The van der Waals surface area contributed by atoms with Gasteiger partial charge in [-0.15, -0.1) is 0 Å². The summed E-state index contributed by atoms with van der Waals surface area (Å²) in [6, 6.07) is 0. The summed E-state index contributed by atoms with van der Waals surface area (Å²) < 4.78 is 5.35. The van der Waals surface area contributed by atoms with Gasteiger partial charge in [-0.2, -0.15) is 0 Å². The molecule has 0 heterocycles. The molecule has 90 valence electrons. The van der Waals surface area contributed by atoms with Gasteiger partial charge in [0.1, 0.15) is 6.10 Å². The van der Waals surface area contributed by atoms with Crippen LogP contribution in [0, 0.1) is 0 Å². The van der Waals surface area contributed by atoms with Gasteiger partial charge in [-0.05, 0) is 12.8 Å². The SMILES string of the molecule is NC1(COCC(O)CO)CCCCCC1. The molecule has 4 nitrogen and oxygen atoms in total. The molecular weight excluding hydrogens is 194 g/mol. The predicted octanol–water partition coefficient (Wildman–Crippen LogP) is 0.408. The van der Waals surface area contributed by atoms with Crippen LogP contribution in [-0.4, -0.2) is 41.7 Å². The van der Waals surface area contributed by atoms with Crippen LogP contribution in [0.5, 0.6) is 0 Å². The number of hydrogen-bond donors (Lipinski definition) is 3. The fraction of sp³-hybridized carbons (Fsp3) is 1.00. The highest BCUT2D eigenvalue weighted by atomic mass is 16.5. The summed E-state index contributed by atoms with van der Waals surface area (Å²) in [5, 5.41) is 17.7. The first kappa shape index (κ1) is 12.9. The molecule has 0 bridgehead atoms. The highest BCUT2D eigenvalue weighted by Crippen LogP contribution is 2.25. The molecule has 1 unspecified atom stereocenters. The Balaban J connectivity index is 2.22. The first-order valence-electron chi connectivity index (χ1n) is 5.82. The van der Waals surface area contributed by atoms with Crippen LogP contribution in [0.1, 0.15) is 38.5 Å². The van der Waals surface area contributed by atoms with E-state index in [0.29, 0.717) is 6.61 Å². The smallest absolute Gasteiger partial charge is 0.100 e. The minimum Gasteiger partial charge on any atom is -0.394 e. The van der Waals surface area contributed by atoms with Gasteiger partial charge in [-0.1, -0.05) is 25.7 Å². The van der Waals surface area contributed by atoms with Gasteiger partial charge in [0.25, 0.3) is 0 Å². The highest BCUT2D eigenvalue weighted by molar-refractivity contribution is 4.85. The Morgan fingerprint density at radius 1 is 1.20 bits per heavy atom. The quantitative estimate of drug-likeness (QED) is 0.583. The third kappa shape index (κ3) is 4.93. The predicted molar refractivity (Wildman–Crippen MR) is 58.5 cm³/mol. The lowest BCUT2D eigenvalue weighted by Gasteiger charge is -2.28. The summed E-state index contributed by atoms with van der Waals surface area (Å²) in [4.78, 5) is 0. The fourth-order valence-corrected chi connectivity index (χ4v) is 2.03. The van der Waals surface area contributed by atoms with Gasteiger partial charge in [0.15, 0.2) is 0 Å². The van der Waals surface area contributed by atoms with Crippen molar-refractivity contribution in [1.82, 2.24) is 0 Å². The number of aliphatic hydroxyl groups excluding tert-OH is 2. The van der Waals surface area contributed by atoms with Crippen LogP contribution in [0.2, 0.25) is 0 Å². The molecule has 4 N–H and O–H groups in total. The minimum absolute atomic E-state index is 0.176. The van der Waals surface area contributed by atoms with Crippen molar-refractivity contribution in [3.05, 3.63) is 0 Å². The second-order valence-corrected chi connectivity index (χ2v) is 4.63. The van der Waals surface area contributed by atoms with E-state index in [2.05, 4.69) is 0 Å². The number of ether oxygens (including phenoxy) is 1. The lowest BCUT2D eigenvalue weighted by Crippen LogP contribution is -2.44. The number of aliphatic hydroxyl groups is 2. The molecule has 1 aliphatic carbocycles. The standard InChI is InChI=1S/C11H23NO3/c12-11(5-3-1-2-4-6-11)9-15-8-10(14)7-13/h10,13-14H,1-9,12H2. The van der Waals surface area contributed by atoms with E-state index in [1.54, 1.807) is 0 Å². The third-order valence-corrected chi connectivity index (χ3v) is 3.01. The van der Waals surface area contributed by atoms with Crippen molar-refractivity contribution in [3.63, 3.8) is 0 Å². The minimum atomic E-state index is -0.778. The van der Waals surface area contributed by atoms with Crippen molar-refractivity contribution in [1.29, 1.82) is 0 Å². The highest BCUT2D eigenvalue weighted by Gasteiger charge is 2.26. The van der Waals surface area contributed by atoms with Crippen molar-refractivity contribution in [3.8, 4) is 0 Å². The maximum absolute atomic E-state index is 9.11. The van der Waals surface area contributed by atoms with E-state index < -0.39 is 6.10 Å². The van der Waals surface area contributed by atoms with E-state index >= 15 is 0 Å². The van der Waals surface area contributed by atoms with Crippen LogP contribution < -0.4 is 5.73 Å². The van der Waals surface area contributed by atoms with Crippen molar-refractivity contribution in [2.24, 2.45) is 5.73 Å². The molecule has 0 spiro atoms. The van der Waals surface area contributed by atoms with Gasteiger partial charge < -0.3 is 20.7 Å². The van der Waals surface area contributed by atoms with Crippen LogP contribution >= 0.6 is 0 Å². The Bertz CT molecular complexity index is 167. The zero-order valence-corrected chi connectivity index (χ0v) is 9.32. The second kappa shape index (κ2) is 6.43. The number of nitrogens with two attached hydrogens (primary N) is 1. The molecule has 1 atom stereocenters. The molecule has 1 rings (SSSR count). The van der Waals surface area contributed by atoms with E-state index in [9.17, 15) is 0 Å². The molecule has 1 fully saturated rings. The molecule has 0 aromatic heterocycles. The van der Waals surface area contributed by atoms with Gasteiger partial charge in [-0.25, -0.2) is 0 Å². The van der Waals surface area contributed by atoms with Crippen molar-refractivity contribution < 1.29 is 14.9 Å². The lowest BCUT2D eigenvalue weighted by molar-refractivity contribution is -0.0111. The average Bonchev–Trinajstić information content (AvgIpc) is 2.43. The average molecular weight is 217 g/mol. The van der Waals surface area contributed by atoms with E-state index in [1.807, 2.05) is 0 Å². The lowest BCUT2D eigenvalue weighted by atomic mass is 9.93. The second-order valence-electron chi connectivity index (χ2n) is 4.63. The first-order valence-corrected chi connectivity index (χ1v) is 5.82. The summed E-state index contributed by atoms with van der Waals surface area (Å²) >= 11 is 0. The van der Waals surface area contributed by atoms with Gasteiger partial charge >= 0.3 is 0 Å². The maximum Gasteiger partial charge on any atom is 0.100 e. The molecule has 0 aromatic carbocycles. The molecule has 0 saturated heterocycles. The molecule has 0 radical (unpaired) electrons. The van der Waals surface area contributed by atoms with Gasteiger partial charge in [-0.3, -0.25) is 0 Å². The molecule has 1 saturated carbocycles. The summed E-state index contributed by atoms with van der Waals surface area (Å²) in [5.41, 5.74) is 6.00. The summed E-state index contributed by atoms with van der Waals surface area (Å²) in [6.45, 7) is 0.414. The van der Waals surface area contributed by atoms with Crippen LogP contribution in [0.25, 0.3) is 0 Å². The van der Waals surface area contributed by atoms with Gasteiger partial charge in [0.2, 0.25) is 0 Å². The van der Waals surface area contributed by atoms with E-state index in [0.717, 1.165) is 12.8 Å². The van der Waals surface area contributed by atoms with Crippen LogP contribution in [-0.2, 0) is 4.74 Å². The molecular formula is C11H23NO3. The third-order valence-electron chi connectivity index (χ3n) is 3.01. The van der Waals surface area contributed by atoms with Crippen molar-refractivity contribution in [2.75, 3.05) is 19.8 Å². The van der Waals surface area contributed by atoms with Crippen LogP contribution in [0.15, 0.2) is 0 Å². The number of hydrogen-bond acceptors (Lipinski definition) is 4. The Morgan fingerprint density at radius 3 is 2.33 bits per heavy atom. The Hall–Kier alpha value is -0.160. The maximum atomic E-state index is 9.11. The van der Waals surface area contributed by atoms with Gasteiger partial charge in [0.05, 0.1) is 19.8 Å². The zero-order valence-electron chi connectivity index (χ0n) is 9.32. The monoisotopic (exact) mass is 217 g/mol. The summed E-state index contributed by atoms with van der Waals surface area (Å²) in [6.07, 6.45) is 6.09. The largest absolute Gasteiger partial charge is 0.394 e. The van der Waals surface area contributed by atoms with Crippen LogP contribution in [0.3, 0.4) is 0 Å². The Morgan fingerprint density at radius 2 is 1.80 bits per heavy atom. The fourth-order valence-electron chi connectivity index (χ4n) is 2.03. The summed E-state index contributed by atoms with van der Waals surface area (Å²) in [5.74, 6) is 0. The van der Waals surface area contributed by atoms with E-state index in [1.165, 1.54) is 25.7 Å². The van der Waals surface area contributed by atoms with Crippen LogP contribution in [0.4, 0.5) is 0 Å². The van der Waals surface area contributed by atoms with Crippen molar-refractivity contribution >= 4 is 0 Å². The molecule has 15 heavy (non-hydrogen) atoms. The molecule has 1 aliphatic rings. The Kier molecular flexibility index (Phi) is 5.53. The normalized spacial score (nSPS) is 23.4. The zero-order chi connectivity index (χ0) is 11.1. The van der Waals surface area contributed by atoms with Gasteiger partial charge in [0, 0.05) is 5.54 Å². The molecule has 0 amide bonds. The Labute approximate surface area is 91.4 Å².